The fourth-order valence-corrected chi connectivity index (χ4v) is 3.63. The molecule has 2 aromatic carbocycles. The molecule has 0 aliphatic rings. The molecule has 0 unspecified atom stereocenters. The van der Waals surface area contributed by atoms with Crippen molar-refractivity contribution in [3.05, 3.63) is 53.1 Å². The lowest BCUT2D eigenvalue weighted by Gasteiger charge is -2.19. The van der Waals surface area contributed by atoms with Crippen LogP contribution < -0.4 is 14.8 Å². The van der Waals surface area contributed by atoms with Crippen LogP contribution >= 0.6 is 11.6 Å². The third kappa shape index (κ3) is 6.17. The van der Waals surface area contributed by atoms with Crippen LogP contribution in [-0.4, -0.2) is 52.5 Å². The molecule has 0 bridgehead atoms. The first-order valence-electron chi connectivity index (χ1n) is 9.31. The van der Waals surface area contributed by atoms with E-state index in [1.54, 1.807) is 18.2 Å². The zero-order valence-electron chi connectivity index (χ0n) is 16.7. The van der Waals surface area contributed by atoms with Crippen molar-refractivity contribution >= 4 is 33.2 Å². The zero-order valence-corrected chi connectivity index (χ0v) is 18.3. The molecule has 0 spiro atoms. The Morgan fingerprint density at radius 1 is 1.14 bits per heavy atom. The fraction of sp³-hybridized carbons (Fsp3) is 0.350. The van der Waals surface area contributed by atoms with E-state index in [0.29, 0.717) is 18.0 Å². The molecule has 2 N–H and O–H groups in total. The zero-order chi connectivity index (χ0) is 21.4. The van der Waals surface area contributed by atoms with Crippen LogP contribution in [0.25, 0.3) is 0 Å². The van der Waals surface area contributed by atoms with Crippen LogP contribution in [0.5, 0.6) is 5.75 Å². The van der Waals surface area contributed by atoms with Crippen molar-refractivity contribution in [3.8, 4) is 5.75 Å². The number of para-hydroxylation sites is 2. The lowest BCUT2D eigenvalue weighted by atomic mass is 10.2. The fourth-order valence-electron chi connectivity index (χ4n) is 2.67. The molecule has 158 valence electrons. The Hall–Kier alpha value is -2.13. The van der Waals surface area contributed by atoms with Gasteiger partial charge < -0.3 is 15.0 Å². The molecule has 0 saturated heterocycles. The molecular weight excluding hydrogens is 414 g/mol. The molecular formula is C20H26ClN3O4S. The van der Waals surface area contributed by atoms with Crippen LogP contribution in [0.3, 0.4) is 0 Å². The Balaban J connectivity index is 2.18. The van der Waals surface area contributed by atoms with Crippen LogP contribution in [-0.2, 0) is 10.0 Å². The van der Waals surface area contributed by atoms with Gasteiger partial charge in [0.25, 0.3) is 5.91 Å². The molecule has 0 aliphatic carbocycles. The van der Waals surface area contributed by atoms with Crippen LogP contribution in [0, 0.1) is 0 Å². The number of carbonyl (C=O) groups excluding carboxylic acids is 1. The number of sulfonamides is 1. The summed E-state index contributed by atoms with van der Waals surface area (Å²) in [5.74, 6) is 0.00563. The lowest BCUT2D eigenvalue weighted by molar-refractivity contribution is 0.102. The highest BCUT2D eigenvalue weighted by Crippen LogP contribution is 2.26. The number of amides is 1. The van der Waals surface area contributed by atoms with Gasteiger partial charge in [-0.05, 0) is 50.5 Å². The SMILES string of the molecule is CCN(CC)CCOc1ccccc1NC(=O)c1cc(S(=O)(=O)NC)ccc1Cl. The van der Waals surface area contributed by atoms with Gasteiger partial charge in [-0.1, -0.05) is 37.6 Å². The van der Waals surface area contributed by atoms with Crippen LogP contribution in [0.15, 0.2) is 47.4 Å². The standard InChI is InChI=1S/C20H26ClN3O4S/c1-4-24(5-2)12-13-28-19-9-7-6-8-18(19)23-20(25)16-14-15(10-11-17(16)21)29(26,27)22-3/h6-11,14,22H,4-5,12-13H2,1-3H3,(H,23,25). The number of carbonyl (C=O) groups is 1. The Bertz CT molecular complexity index is 946. The third-order valence-corrected chi connectivity index (χ3v) is 6.20. The summed E-state index contributed by atoms with van der Waals surface area (Å²) in [6.45, 7) is 7.29. The molecule has 29 heavy (non-hydrogen) atoms. The smallest absolute Gasteiger partial charge is 0.257 e. The number of nitrogens with zero attached hydrogens (tertiary/aromatic N) is 1. The van der Waals surface area contributed by atoms with E-state index in [1.165, 1.54) is 25.2 Å². The Morgan fingerprint density at radius 3 is 2.48 bits per heavy atom. The summed E-state index contributed by atoms with van der Waals surface area (Å²) in [5.41, 5.74) is 0.538. The van der Waals surface area contributed by atoms with E-state index in [9.17, 15) is 13.2 Å². The van der Waals surface area contributed by atoms with Gasteiger partial charge in [0.05, 0.1) is 21.2 Å². The maximum atomic E-state index is 12.8. The number of ether oxygens (including phenoxy) is 1. The van der Waals surface area contributed by atoms with Crippen LogP contribution in [0.2, 0.25) is 5.02 Å². The number of likely N-dealkylation sites (N-methyl/N-ethyl adjacent to an activating group) is 1. The molecule has 0 aliphatic heterocycles. The quantitative estimate of drug-likeness (QED) is 0.593. The van der Waals surface area contributed by atoms with Gasteiger partial charge in [0.15, 0.2) is 0 Å². The summed E-state index contributed by atoms with van der Waals surface area (Å²) in [5, 5.41) is 2.90. The summed E-state index contributed by atoms with van der Waals surface area (Å²) < 4.78 is 32.1. The van der Waals surface area contributed by atoms with Gasteiger partial charge in [-0.3, -0.25) is 4.79 Å². The first-order valence-corrected chi connectivity index (χ1v) is 11.2. The van der Waals surface area contributed by atoms with Gasteiger partial charge in [-0.25, -0.2) is 13.1 Å². The van der Waals surface area contributed by atoms with Crippen molar-refractivity contribution in [2.24, 2.45) is 0 Å². The molecule has 9 heteroatoms. The molecule has 7 nitrogen and oxygen atoms in total. The molecule has 2 rings (SSSR count). The van der Waals surface area contributed by atoms with Crippen molar-refractivity contribution in [2.45, 2.75) is 18.7 Å². The van der Waals surface area contributed by atoms with E-state index in [4.69, 9.17) is 16.3 Å². The summed E-state index contributed by atoms with van der Waals surface area (Å²) in [6.07, 6.45) is 0. The average Bonchev–Trinajstić information content (AvgIpc) is 2.72. The first kappa shape index (κ1) is 23.2. The number of hydrogen-bond donors (Lipinski definition) is 2. The van der Waals surface area contributed by atoms with Gasteiger partial charge in [-0.2, -0.15) is 0 Å². The topological polar surface area (TPSA) is 87.7 Å². The third-order valence-electron chi connectivity index (χ3n) is 4.46. The van der Waals surface area contributed by atoms with Crippen molar-refractivity contribution < 1.29 is 17.9 Å². The predicted octanol–water partition coefficient (Wildman–Crippen LogP) is 3.22. The highest BCUT2D eigenvalue weighted by Gasteiger charge is 2.18. The van der Waals surface area contributed by atoms with Crippen LogP contribution in [0.1, 0.15) is 24.2 Å². The maximum absolute atomic E-state index is 12.8. The second kappa shape index (κ2) is 10.6. The average molecular weight is 440 g/mol. The van der Waals surface area contributed by atoms with Crippen molar-refractivity contribution in [1.29, 1.82) is 0 Å². The van der Waals surface area contributed by atoms with E-state index < -0.39 is 15.9 Å². The molecule has 0 aromatic heterocycles. The van der Waals surface area contributed by atoms with E-state index >= 15 is 0 Å². The van der Waals surface area contributed by atoms with E-state index in [1.807, 2.05) is 6.07 Å². The van der Waals surface area contributed by atoms with Gasteiger partial charge in [0.1, 0.15) is 12.4 Å². The normalized spacial score (nSPS) is 11.5. The number of halogens is 1. The van der Waals surface area contributed by atoms with Crippen molar-refractivity contribution in [3.63, 3.8) is 0 Å². The first-order chi connectivity index (χ1) is 13.8. The van der Waals surface area contributed by atoms with E-state index in [0.717, 1.165) is 19.6 Å². The number of benzene rings is 2. The van der Waals surface area contributed by atoms with E-state index in [2.05, 4.69) is 28.8 Å². The summed E-state index contributed by atoms with van der Waals surface area (Å²) in [6, 6.07) is 11.0. The second-order valence-electron chi connectivity index (χ2n) is 6.17. The second-order valence-corrected chi connectivity index (χ2v) is 8.47. The summed E-state index contributed by atoms with van der Waals surface area (Å²) in [4.78, 5) is 14.9. The Labute approximate surface area is 177 Å². The minimum Gasteiger partial charge on any atom is -0.490 e. The van der Waals surface area contributed by atoms with Gasteiger partial charge in [0, 0.05) is 6.54 Å². The number of hydrogen-bond acceptors (Lipinski definition) is 5. The Morgan fingerprint density at radius 2 is 1.83 bits per heavy atom. The molecule has 0 heterocycles. The predicted molar refractivity (Wildman–Crippen MR) is 115 cm³/mol. The molecule has 0 atom stereocenters. The van der Waals surface area contributed by atoms with Gasteiger partial charge >= 0.3 is 0 Å². The molecule has 0 saturated carbocycles. The largest absolute Gasteiger partial charge is 0.490 e. The highest BCUT2D eigenvalue weighted by atomic mass is 35.5. The summed E-state index contributed by atoms with van der Waals surface area (Å²) >= 11 is 6.13. The monoisotopic (exact) mass is 439 g/mol. The van der Waals surface area contributed by atoms with E-state index in [-0.39, 0.29) is 15.5 Å². The summed E-state index contributed by atoms with van der Waals surface area (Å²) in [7, 11) is -2.39. The Kier molecular flexibility index (Phi) is 8.45. The number of nitrogens with one attached hydrogen (secondary N) is 2. The number of anilines is 1. The lowest BCUT2D eigenvalue weighted by Crippen LogP contribution is -2.28. The van der Waals surface area contributed by atoms with Crippen molar-refractivity contribution in [1.82, 2.24) is 9.62 Å². The number of rotatable bonds is 10. The van der Waals surface area contributed by atoms with Crippen molar-refractivity contribution in [2.75, 3.05) is 38.6 Å². The molecule has 1 amide bonds. The maximum Gasteiger partial charge on any atom is 0.257 e. The minimum atomic E-state index is -3.70. The molecule has 0 radical (unpaired) electrons. The minimum absolute atomic E-state index is 0.0432. The van der Waals surface area contributed by atoms with Gasteiger partial charge in [-0.15, -0.1) is 0 Å². The molecule has 2 aromatic rings. The molecule has 0 fully saturated rings. The van der Waals surface area contributed by atoms with Crippen LogP contribution in [0.4, 0.5) is 5.69 Å². The highest BCUT2D eigenvalue weighted by molar-refractivity contribution is 7.89. The van der Waals surface area contributed by atoms with Gasteiger partial charge in [0.2, 0.25) is 10.0 Å².